The van der Waals surface area contributed by atoms with Gasteiger partial charge in [-0.3, -0.25) is 0 Å². The van der Waals surface area contributed by atoms with Gasteiger partial charge in [-0.25, -0.2) is 0 Å². The number of hydrogen-bond donors (Lipinski definition) is 1. The van der Waals surface area contributed by atoms with Crippen molar-refractivity contribution in [3.05, 3.63) is 23.8 Å². The topological polar surface area (TPSA) is 51.2 Å². The third-order valence-electron chi connectivity index (χ3n) is 3.15. The van der Waals surface area contributed by atoms with Gasteiger partial charge in [0, 0.05) is 38.6 Å². The highest BCUT2D eigenvalue weighted by Gasteiger charge is 2.18. The maximum atomic E-state index is 10.0. The van der Waals surface area contributed by atoms with Gasteiger partial charge in [0.15, 0.2) is 0 Å². The van der Waals surface area contributed by atoms with Crippen molar-refractivity contribution < 1.29 is 19.3 Å². The van der Waals surface area contributed by atoms with Crippen molar-refractivity contribution in [3.8, 4) is 5.75 Å². The van der Waals surface area contributed by atoms with Crippen LogP contribution in [0.3, 0.4) is 0 Å². The second-order valence-corrected chi connectivity index (χ2v) is 4.54. The molecule has 5 heteroatoms. The average molecular weight is 283 g/mol. The molecule has 0 amide bonds. The van der Waals surface area contributed by atoms with E-state index in [1.165, 1.54) is 0 Å². The highest BCUT2D eigenvalue weighted by Crippen LogP contribution is 2.34. The fourth-order valence-corrected chi connectivity index (χ4v) is 2.16. The van der Waals surface area contributed by atoms with Crippen LogP contribution < -0.4 is 9.64 Å². The van der Waals surface area contributed by atoms with Gasteiger partial charge in [-0.1, -0.05) is 6.07 Å². The van der Waals surface area contributed by atoms with E-state index in [2.05, 4.69) is 4.90 Å². The molecular formula is C15H25NO4. The first-order valence-corrected chi connectivity index (χ1v) is 6.73. The van der Waals surface area contributed by atoms with E-state index in [-0.39, 0.29) is 0 Å². The van der Waals surface area contributed by atoms with Crippen LogP contribution in [0.1, 0.15) is 18.6 Å². The molecule has 114 valence electrons. The molecule has 0 aromatic heterocycles. The zero-order valence-electron chi connectivity index (χ0n) is 12.8. The summed E-state index contributed by atoms with van der Waals surface area (Å²) in [4.78, 5) is 2.14. The Morgan fingerprint density at radius 1 is 1.10 bits per heavy atom. The molecule has 0 saturated heterocycles. The largest absolute Gasteiger partial charge is 0.496 e. The SMILES string of the molecule is COCCN(CCOC)c1cccc(OC)c1[C@H](C)O. The van der Waals surface area contributed by atoms with Crippen LogP contribution in [0.5, 0.6) is 5.75 Å². The number of benzene rings is 1. The summed E-state index contributed by atoms with van der Waals surface area (Å²) in [6.45, 7) is 4.42. The molecule has 0 bridgehead atoms. The molecule has 1 aromatic carbocycles. The van der Waals surface area contributed by atoms with Crippen molar-refractivity contribution in [1.29, 1.82) is 0 Å². The van der Waals surface area contributed by atoms with Crippen molar-refractivity contribution in [1.82, 2.24) is 0 Å². The maximum absolute atomic E-state index is 10.0. The standard InChI is InChI=1S/C15H25NO4/c1-12(17)15-13(6-5-7-14(15)20-4)16(8-10-18-2)9-11-19-3/h5-7,12,17H,8-11H2,1-4H3/t12-/m0/s1. The summed E-state index contributed by atoms with van der Waals surface area (Å²) in [7, 11) is 4.96. The van der Waals surface area contributed by atoms with Crippen molar-refractivity contribution in [2.75, 3.05) is 52.5 Å². The molecule has 0 saturated carbocycles. The maximum Gasteiger partial charge on any atom is 0.126 e. The van der Waals surface area contributed by atoms with Gasteiger partial charge in [0.1, 0.15) is 5.75 Å². The average Bonchev–Trinajstić information content (AvgIpc) is 2.46. The first-order chi connectivity index (χ1) is 9.65. The van der Waals surface area contributed by atoms with E-state index in [1.54, 1.807) is 28.3 Å². The highest BCUT2D eigenvalue weighted by atomic mass is 16.5. The van der Waals surface area contributed by atoms with E-state index in [9.17, 15) is 5.11 Å². The molecule has 1 N–H and O–H groups in total. The van der Waals surface area contributed by atoms with Gasteiger partial charge >= 0.3 is 0 Å². The Labute approximate surface area is 121 Å². The van der Waals surface area contributed by atoms with Crippen LogP contribution in [0, 0.1) is 0 Å². The van der Waals surface area contributed by atoms with Crippen molar-refractivity contribution in [3.63, 3.8) is 0 Å². The molecule has 0 heterocycles. The van der Waals surface area contributed by atoms with E-state index in [0.29, 0.717) is 19.0 Å². The van der Waals surface area contributed by atoms with Crippen molar-refractivity contribution >= 4 is 5.69 Å². The fourth-order valence-electron chi connectivity index (χ4n) is 2.16. The molecule has 1 atom stereocenters. The zero-order chi connectivity index (χ0) is 15.0. The summed E-state index contributed by atoms with van der Waals surface area (Å²) in [6, 6.07) is 5.76. The summed E-state index contributed by atoms with van der Waals surface area (Å²) < 4.78 is 15.7. The number of anilines is 1. The van der Waals surface area contributed by atoms with Gasteiger partial charge < -0.3 is 24.2 Å². The minimum atomic E-state index is -0.603. The number of nitrogens with zero attached hydrogens (tertiary/aromatic N) is 1. The predicted octanol–water partition coefficient (Wildman–Crippen LogP) is 1.85. The minimum Gasteiger partial charge on any atom is -0.496 e. The van der Waals surface area contributed by atoms with E-state index < -0.39 is 6.10 Å². The Bertz CT molecular complexity index is 387. The monoisotopic (exact) mass is 283 g/mol. The molecule has 0 fully saturated rings. The van der Waals surface area contributed by atoms with E-state index in [1.807, 2.05) is 18.2 Å². The highest BCUT2D eigenvalue weighted by molar-refractivity contribution is 5.60. The number of rotatable bonds is 9. The smallest absolute Gasteiger partial charge is 0.126 e. The summed E-state index contributed by atoms with van der Waals surface area (Å²) >= 11 is 0. The van der Waals surface area contributed by atoms with E-state index >= 15 is 0 Å². The van der Waals surface area contributed by atoms with Crippen LogP contribution in [0.15, 0.2) is 18.2 Å². The predicted molar refractivity (Wildman–Crippen MR) is 79.6 cm³/mol. The van der Waals surface area contributed by atoms with E-state index in [4.69, 9.17) is 14.2 Å². The lowest BCUT2D eigenvalue weighted by molar-refractivity contribution is 0.186. The second kappa shape index (κ2) is 8.79. The molecule has 0 aliphatic heterocycles. The Morgan fingerprint density at radius 2 is 1.70 bits per heavy atom. The number of methoxy groups -OCH3 is 3. The summed E-state index contributed by atoms with van der Waals surface area (Å²) in [6.07, 6.45) is -0.603. The molecule has 1 aromatic rings. The molecule has 0 spiro atoms. The van der Waals surface area contributed by atoms with Crippen LogP contribution in [0.25, 0.3) is 0 Å². The van der Waals surface area contributed by atoms with Gasteiger partial charge in [-0.15, -0.1) is 0 Å². The normalized spacial score (nSPS) is 12.2. The lowest BCUT2D eigenvalue weighted by atomic mass is 10.1. The lowest BCUT2D eigenvalue weighted by Crippen LogP contribution is -2.31. The Hall–Kier alpha value is -1.30. The second-order valence-electron chi connectivity index (χ2n) is 4.54. The van der Waals surface area contributed by atoms with Crippen LogP contribution in [0.2, 0.25) is 0 Å². The van der Waals surface area contributed by atoms with Gasteiger partial charge in [0.05, 0.1) is 26.4 Å². The first kappa shape index (κ1) is 16.8. The number of aliphatic hydroxyl groups is 1. The van der Waals surface area contributed by atoms with Crippen LogP contribution in [0.4, 0.5) is 5.69 Å². The number of aliphatic hydroxyl groups excluding tert-OH is 1. The lowest BCUT2D eigenvalue weighted by Gasteiger charge is -2.28. The van der Waals surface area contributed by atoms with Crippen LogP contribution in [-0.4, -0.2) is 52.7 Å². The van der Waals surface area contributed by atoms with Gasteiger partial charge in [-0.05, 0) is 19.1 Å². The molecule has 0 aliphatic rings. The quantitative estimate of drug-likeness (QED) is 0.749. The van der Waals surface area contributed by atoms with Crippen LogP contribution in [-0.2, 0) is 9.47 Å². The molecular weight excluding hydrogens is 258 g/mol. The van der Waals surface area contributed by atoms with Crippen molar-refractivity contribution in [2.45, 2.75) is 13.0 Å². The van der Waals surface area contributed by atoms with Gasteiger partial charge in [0.2, 0.25) is 0 Å². The Kier molecular flexibility index (Phi) is 7.36. The fraction of sp³-hybridized carbons (Fsp3) is 0.600. The summed E-state index contributed by atoms with van der Waals surface area (Å²) in [5, 5.41) is 10.0. The van der Waals surface area contributed by atoms with Crippen LogP contribution >= 0.6 is 0 Å². The third-order valence-corrected chi connectivity index (χ3v) is 3.15. The zero-order valence-corrected chi connectivity index (χ0v) is 12.8. The molecule has 20 heavy (non-hydrogen) atoms. The number of hydrogen-bond acceptors (Lipinski definition) is 5. The number of ether oxygens (including phenoxy) is 3. The third kappa shape index (κ3) is 4.37. The molecule has 5 nitrogen and oxygen atoms in total. The molecule has 0 radical (unpaired) electrons. The van der Waals surface area contributed by atoms with Crippen molar-refractivity contribution in [2.24, 2.45) is 0 Å². The molecule has 0 unspecified atom stereocenters. The van der Waals surface area contributed by atoms with E-state index in [0.717, 1.165) is 24.3 Å². The van der Waals surface area contributed by atoms with Gasteiger partial charge in [0.25, 0.3) is 0 Å². The van der Waals surface area contributed by atoms with Gasteiger partial charge in [-0.2, -0.15) is 0 Å². The molecule has 1 rings (SSSR count). The minimum absolute atomic E-state index is 0.603. The first-order valence-electron chi connectivity index (χ1n) is 6.73. The Balaban J connectivity index is 3.09. The summed E-state index contributed by atoms with van der Waals surface area (Å²) in [5.41, 5.74) is 1.75. The summed E-state index contributed by atoms with van der Waals surface area (Å²) in [5.74, 6) is 0.692. The molecule has 0 aliphatic carbocycles. The Morgan fingerprint density at radius 3 is 2.15 bits per heavy atom.